The zero-order chi connectivity index (χ0) is 11.4. The summed E-state index contributed by atoms with van der Waals surface area (Å²) in [6.07, 6.45) is 0. The number of nitriles is 1. The van der Waals surface area contributed by atoms with Crippen LogP contribution in [-0.2, 0) is 0 Å². The van der Waals surface area contributed by atoms with Crippen LogP contribution in [0, 0.1) is 17.2 Å². The number of hydrogen-bond acceptors (Lipinski definition) is 3. The standard InChI is InChI=1S/C12H17N3/c1-8(2)9(3)15-12-5-4-11(14)6-10(12)7-13/h4-6,8-9,15H,14H2,1-3H3. The second-order valence-corrected chi connectivity index (χ2v) is 4.09. The average Bonchev–Trinajstić information content (AvgIpc) is 2.20. The van der Waals surface area contributed by atoms with Crippen LogP contribution in [0.25, 0.3) is 0 Å². The van der Waals surface area contributed by atoms with Crippen molar-refractivity contribution < 1.29 is 0 Å². The van der Waals surface area contributed by atoms with Crippen molar-refractivity contribution >= 4 is 11.4 Å². The van der Waals surface area contributed by atoms with Crippen molar-refractivity contribution in [1.82, 2.24) is 0 Å². The van der Waals surface area contributed by atoms with Gasteiger partial charge in [0.1, 0.15) is 6.07 Å². The summed E-state index contributed by atoms with van der Waals surface area (Å²) in [5, 5.41) is 12.3. The quantitative estimate of drug-likeness (QED) is 0.742. The van der Waals surface area contributed by atoms with Gasteiger partial charge in [-0.2, -0.15) is 5.26 Å². The predicted molar refractivity (Wildman–Crippen MR) is 63.5 cm³/mol. The van der Waals surface area contributed by atoms with E-state index in [1.54, 1.807) is 12.1 Å². The van der Waals surface area contributed by atoms with Gasteiger partial charge >= 0.3 is 0 Å². The lowest BCUT2D eigenvalue weighted by atomic mass is 10.1. The molecule has 1 rings (SSSR count). The maximum atomic E-state index is 8.95. The number of rotatable bonds is 3. The van der Waals surface area contributed by atoms with Gasteiger partial charge in [-0.1, -0.05) is 13.8 Å². The Labute approximate surface area is 90.9 Å². The highest BCUT2D eigenvalue weighted by Crippen LogP contribution is 2.20. The normalized spacial score (nSPS) is 12.2. The first kappa shape index (κ1) is 11.4. The molecule has 3 nitrogen and oxygen atoms in total. The summed E-state index contributed by atoms with van der Waals surface area (Å²) in [5.41, 5.74) is 7.69. The molecule has 0 amide bonds. The van der Waals surface area contributed by atoms with Gasteiger partial charge in [0.25, 0.3) is 0 Å². The van der Waals surface area contributed by atoms with E-state index in [1.807, 2.05) is 6.07 Å². The van der Waals surface area contributed by atoms with E-state index < -0.39 is 0 Å². The summed E-state index contributed by atoms with van der Waals surface area (Å²) in [4.78, 5) is 0. The Morgan fingerprint density at radius 3 is 2.53 bits per heavy atom. The third-order valence-electron chi connectivity index (χ3n) is 2.55. The fraction of sp³-hybridized carbons (Fsp3) is 0.417. The molecule has 1 aromatic rings. The molecule has 3 heteroatoms. The van der Waals surface area contributed by atoms with E-state index in [2.05, 4.69) is 32.2 Å². The SMILES string of the molecule is CC(C)C(C)Nc1ccc(N)cc1C#N. The lowest BCUT2D eigenvalue weighted by Gasteiger charge is -2.19. The summed E-state index contributed by atoms with van der Waals surface area (Å²) in [6, 6.07) is 7.82. The van der Waals surface area contributed by atoms with Gasteiger partial charge in [-0.15, -0.1) is 0 Å². The number of benzene rings is 1. The van der Waals surface area contributed by atoms with Crippen molar-refractivity contribution in [2.75, 3.05) is 11.1 Å². The molecule has 0 fully saturated rings. The summed E-state index contributed by atoms with van der Waals surface area (Å²) in [7, 11) is 0. The Bertz CT molecular complexity index is 377. The second-order valence-electron chi connectivity index (χ2n) is 4.09. The first-order chi connectivity index (χ1) is 7.04. The van der Waals surface area contributed by atoms with Crippen LogP contribution in [-0.4, -0.2) is 6.04 Å². The zero-order valence-corrected chi connectivity index (χ0v) is 9.41. The van der Waals surface area contributed by atoms with E-state index in [-0.39, 0.29) is 0 Å². The van der Waals surface area contributed by atoms with Crippen LogP contribution in [0.5, 0.6) is 0 Å². The number of anilines is 2. The number of nitrogen functional groups attached to an aromatic ring is 1. The van der Waals surface area contributed by atoms with E-state index in [0.717, 1.165) is 5.69 Å². The summed E-state index contributed by atoms with van der Waals surface area (Å²) in [6.45, 7) is 6.38. The minimum atomic E-state index is 0.334. The number of hydrogen-bond donors (Lipinski definition) is 2. The molecule has 15 heavy (non-hydrogen) atoms. The Morgan fingerprint density at radius 1 is 1.33 bits per heavy atom. The molecule has 3 N–H and O–H groups in total. The van der Waals surface area contributed by atoms with Gasteiger partial charge in [0.2, 0.25) is 0 Å². The Morgan fingerprint density at radius 2 is 2.00 bits per heavy atom. The van der Waals surface area contributed by atoms with Crippen molar-refractivity contribution in [2.45, 2.75) is 26.8 Å². The fourth-order valence-electron chi connectivity index (χ4n) is 1.19. The van der Waals surface area contributed by atoms with E-state index >= 15 is 0 Å². The van der Waals surface area contributed by atoms with Crippen LogP contribution in [0.2, 0.25) is 0 Å². The Hall–Kier alpha value is -1.69. The van der Waals surface area contributed by atoms with Crippen molar-refractivity contribution in [3.8, 4) is 6.07 Å². The molecule has 80 valence electrons. The first-order valence-corrected chi connectivity index (χ1v) is 5.10. The fourth-order valence-corrected chi connectivity index (χ4v) is 1.19. The van der Waals surface area contributed by atoms with Crippen LogP contribution in [0.4, 0.5) is 11.4 Å². The molecule has 0 saturated heterocycles. The van der Waals surface area contributed by atoms with Crippen molar-refractivity contribution in [3.63, 3.8) is 0 Å². The molecule has 0 aliphatic rings. The molecule has 0 heterocycles. The smallest absolute Gasteiger partial charge is 0.101 e. The van der Waals surface area contributed by atoms with Gasteiger partial charge < -0.3 is 11.1 Å². The maximum Gasteiger partial charge on any atom is 0.101 e. The first-order valence-electron chi connectivity index (χ1n) is 5.10. The molecule has 0 radical (unpaired) electrons. The van der Waals surface area contributed by atoms with Crippen LogP contribution < -0.4 is 11.1 Å². The van der Waals surface area contributed by atoms with E-state index in [4.69, 9.17) is 11.0 Å². The lowest BCUT2D eigenvalue weighted by Crippen LogP contribution is -2.22. The van der Waals surface area contributed by atoms with E-state index in [1.165, 1.54) is 0 Å². The van der Waals surface area contributed by atoms with Gasteiger partial charge in [0.05, 0.1) is 11.3 Å². The molecule has 1 aromatic carbocycles. The van der Waals surface area contributed by atoms with Crippen LogP contribution in [0.1, 0.15) is 26.3 Å². The number of nitrogens with one attached hydrogen (secondary N) is 1. The molecule has 0 aromatic heterocycles. The highest BCUT2D eigenvalue weighted by Gasteiger charge is 2.09. The summed E-state index contributed by atoms with van der Waals surface area (Å²) in [5.74, 6) is 0.522. The van der Waals surface area contributed by atoms with E-state index in [0.29, 0.717) is 23.2 Å². The van der Waals surface area contributed by atoms with Gasteiger partial charge in [0.15, 0.2) is 0 Å². The molecule has 0 aliphatic heterocycles. The average molecular weight is 203 g/mol. The summed E-state index contributed by atoms with van der Waals surface area (Å²) < 4.78 is 0. The van der Waals surface area contributed by atoms with Crippen molar-refractivity contribution in [2.24, 2.45) is 5.92 Å². The van der Waals surface area contributed by atoms with Crippen molar-refractivity contribution in [3.05, 3.63) is 23.8 Å². The lowest BCUT2D eigenvalue weighted by molar-refractivity contribution is 0.560. The summed E-state index contributed by atoms with van der Waals surface area (Å²) >= 11 is 0. The molecular formula is C12H17N3. The highest BCUT2D eigenvalue weighted by molar-refractivity contribution is 5.63. The molecular weight excluding hydrogens is 186 g/mol. The molecule has 1 atom stereocenters. The van der Waals surface area contributed by atoms with Crippen molar-refractivity contribution in [1.29, 1.82) is 5.26 Å². The minimum Gasteiger partial charge on any atom is -0.399 e. The monoisotopic (exact) mass is 203 g/mol. The molecule has 0 bridgehead atoms. The Kier molecular flexibility index (Phi) is 3.56. The molecule has 1 unspecified atom stereocenters. The number of nitrogens with zero attached hydrogens (tertiary/aromatic N) is 1. The van der Waals surface area contributed by atoms with Crippen LogP contribution in [0.3, 0.4) is 0 Å². The zero-order valence-electron chi connectivity index (χ0n) is 9.41. The van der Waals surface area contributed by atoms with Crippen LogP contribution >= 0.6 is 0 Å². The molecule has 0 spiro atoms. The third kappa shape index (κ3) is 2.88. The highest BCUT2D eigenvalue weighted by atomic mass is 14.9. The topological polar surface area (TPSA) is 61.8 Å². The van der Waals surface area contributed by atoms with Gasteiger partial charge in [-0.3, -0.25) is 0 Å². The van der Waals surface area contributed by atoms with E-state index in [9.17, 15) is 0 Å². The maximum absolute atomic E-state index is 8.95. The third-order valence-corrected chi connectivity index (χ3v) is 2.55. The largest absolute Gasteiger partial charge is 0.399 e. The van der Waals surface area contributed by atoms with Gasteiger partial charge in [-0.05, 0) is 31.0 Å². The van der Waals surface area contributed by atoms with Gasteiger partial charge in [-0.25, -0.2) is 0 Å². The molecule has 0 saturated carbocycles. The predicted octanol–water partition coefficient (Wildman–Crippen LogP) is 2.60. The van der Waals surface area contributed by atoms with Gasteiger partial charge in [0, 0.05) is 11.7 Å². The second kappa shape index (κ2) is 4.70. The Balaban J connectivity index is 2.91. The van der Waals surface area contributed by atoms with Crippen LogP contribution in [0.15, 0.2) is 18.2 Å². The minimum absolute atomic E-state index is 0.334. The molecule has 0 aliphatic carbocycles. The number of nitrogens with two attached hydrogens (primary N) is 1.